The van der Waals surface area contributed by atoms with Gasteiger partial charge in [0, 0.05) is 6.42 Å². The number of ether oxygens (including phenoxy) is 1. The third-order valence-electron chi connectivity index (χ3n) is 1.55. The molecule has 1 unspecified atom stereocenters. The monoisotopic (exact) mass is 152 g/mol. The van der Waals surface area contributed by atoms with Crippen LogP contribution in [0.2, 0.25) is 0 Å². The summed E-state index contributed by atoms with van der Waals surface area (Å²) in [4.78, 5) is 0. The van der Waals surface area contributed by atoms with E-state index in [9.17, 15) is 4.39 Å². The highest BCUT2D eigenvalue weighted by atomic mass is 35.5. The second-order valence-corrected chi connectivity index (χ2v) is 2.70. The zero-order valence-electron chi connectivity index (χ0n) is 5.31. The third kappa shape index (κ3) is 1.55. The van der Waals surface area contributed by atoms with Crippen molar-refractivity contribution >= 4 is 11.6 Å². The van der Waals surface area contributed by atoms with E-state index in [1.54, 1.807) is 0 Å². The van der Waals surface area contributed by atoms with Crippen LogP contribution < -0.4 is 0 Å². The summed E-state index contributed by atoms with van der Waals surface area (Å²) in [6.45, 7) is 1.96. The Labute approximate surface area is 59.1 Å². The SMILES string of the molecule is CC[C@@H]1CC(F)[C@H](Cl)O1. The fourth-order valence-electron chi connectivity index (χ4n) is 0.946. The van der Waals surface area contributed by atoms with Gasteiger partial charge in [0.2, 0.25) is 0 Å². The minimum absolute atomic E-state index is 0.0440. The lowest BCUT2D eigenvalue weighted by molar-refractivity contribution is 0.0753. The molecule has 9 heavy (non-hydrogen) atoms. The number of alkyl halides is 2. The summed E-state index contributed by atoms with van der Waals surface area (Å²) < 4.78 is 17.5. The summed E-state index contributed by atoms with van der Waals surface area (Å²) in [6.07, 6.45) is 0.396. The molecule has 1 nitrogen and oxygen atoms in total. The van der Waals surface area contributed by atoms with Gasteiger partial charge in [0.15, 0.2) is 5.56 Å². The quantitative estimate of drug-likeness (QED) is 0.523. The maximum absolute atomic E-state index is 12.5. The van der Waals surface area contributed by atoms with Crippen molar-refractivity contribution in [2.24, 2.45) is 0 Å². The largest absolute Gasteiger partial charge is 0.356 e. The van der Waals surface area contributed by atoms with Gasteiger partial charge in [-0.25, -0.2) is 4.39 Å². The number of halogens is 2. The fraction of sp³-hybridized carbons (Fsp3) is 1.00. The van der Waals surface area contributed by atoms with Crippen LogP contribution in [0.5, 0.6) is 0 Å². The Morgan fingerprint density at radius 2 is 2.44 bits per heavy atom. The zero-order valence-corrected chi connectivity index (χ0v) is 6.07. The van der Waals surface area contributed by atoms with E-state index in [1.807, 2.05) is 6.92 Å². The lowest BCUT2D eigenvalue weighted by Gasteiger charge is -2.03. The Morgan fingerprint density at radius 1 is 1.78 bits per heavy atom. The van der Waals surface area contributed by atoms with E-state index in [-0.39, 0.29) is 6.10 Å². The number of hydrogen-bond acceptors (Lipinski definition) is 1. The van der Waals surface area contributed by atoms with Crippen LogP contribution in [-0.4, -0.2) is 17.8 Å². The van der Waals surface area contributed by atoms with Crippen LogP contribution in [0, 0.1) is 0 Å². The van der Waals surface area contributed by atoms with E-state index >= 15 is 0 Å². The van der Waals surface area contributed by atoms with Crippen LogP contribution in [0.15, 0.2) is 0 Å². The Hall–Kier alpha value is 0.180. The van der Waals surface area contributed by atoms with E-state index < -0.39 is 11.7 Å². The van der Waals surface area contributed by atoms with Crippen molar-refractivity contribution in [1.29, 1.82) is 0 Å². The molecule has 0 aliphatic carbocycles. The molecule has 1 aliphatic heterocycles. The van der Waals surface area contributed by atoms with Crippen LogP contribution in [0.4, 0.5) is 4.39 Å². The van der Waals surface area contributed by atoms with Gasteiger partial charge in [-0.2, -0.15) is 0 Å². The second-order valence-electron chi connectivity index (χ2n) is 2.27. The van der Waals surface area contributed by atoms with Crippen molar-refractivity contribution in [2.45, 2.75) is 37.6 Å². The van der Waals surface area contributed by atoms with Crippen LogP contribution in [0.3, 0.4) is 0 Å². The first-order valence-corrected chi connectivity index (χ1v) is 3.61. The molecule has 0 aromatic carbocycles. The highest BCUT2D eigenvalue weighted by Crippen LogP contribution is 2.27. The van der Waals surface area contributed by atoms with E-state index in [2.05, 4.69) is 0 Å². The molecule has 0 bridgehead atoms. The normalized spacial score (nSPS) is 43.7. The molecule has 0 spiro atoms. The molecule has 0 saturated carbocycles. The van der Waals surface area contributed by atoms with Crippen molar-refractivity contribution in [1.82, 2.24) is 0 Å². The molecule has 1 rings (SSSR count). The van der Waals surface area contributed by atoms with Gasteiger partial charge in [-0.1, -0.05) is 18.5 Å². The van der Waals surface area contributed by atoms with Crippen molar-refractivity contribution in [2.75, 3.05) is 0 Å². The Kier molecular flexibility index (Phi) is 2.30. The summed E-state index contributed by atoms with van der Waals surface area (Å²) in [5.41, 5.74) is -0.699. The Bertz CT molecular complexity index is 89.1. The third-order valence-corrected chi connectivity index (χ3v) is 1.93. The van der Waals surface area contributed by atoms with Gasteiger partial charge in [-0.15, -0.1) is 0 Å². The molecule has 0 amide bonds. The average Bonchev–Trinajstić information content (AvgIpc) is 2.13. The van der Waals surface area contributed by atoms with Crippen LogP contribution in [0.1, 0.15) is 19.8 Å². The fourth-order valence-corrected chi connectivity index (χ4v) is 1.19. The molecular formula is C6H10ClFO. The highest BCUT2D eigenvalue weighted by molar-refractivity contribution is 6.20. The maximum atomic E-state index is 12.5. The molecule has 0 radical (unpaired) electrons. The van der Waals surface area contributed by atoms with Crippen LogP contribution in [0.25, 0.3) is 0 Å². The molecule has 1 saturated heterocycles. The van der Waals surface area contributed by atoms with Crippen LogP contribution >= 0.6 is 11.6 Å². The van der Waals surface area contributed by atoms with Gasteiger partial charge in [0.05, 0.1) is 6.10 Å². The van der Waals surface area contributed by atoms with E-state index in [0.717, 1.165) is 6.42 Å². The summed E-state index contributed by atoms with van der Waals surface area (Å²) >= 11 is 5.44. The minimum atomic E-state index is -0.961. The van der Waals surface area contributed by atoms with Gasteiger partial charge in [0.25, 0.3) is 0 Å². The van der Waals surface area contributed by atoms with Gasteiger partial charge in [-0.3, -0.25) is 0 Å². The van der Waals surface area contributed by atoms with Gasteiger partial charge < -0.3 is 4.74 Å². The lowest BCUT2D eigenvalue weighted by Crippen LogP contribution is -2.07. The molecule has 54 valence electrons. The molecule has 1 aliphatic rings. The minimum Gasteiger partial charge on any atom is -0.356 e. The Morgan fingerprint density at radius 3 is 2.67 bits per heavy atom. The molecule has 1 heterocycles. The number of rotatable bonds is 1. The first-order chi connectivity index (χ1) is 4.24. The average molecular weight is 153 g/mol. The van der Waals surface area contributed by atoms with Crippen LogP contribution in [-0.2, 0) is 4.74 Å². The molecule has 0 aromatic heterocycles. The summed E-state index contributed by atoms with van der Waals surface area (Å²) in [5.74, 6) is 0. The molecule has 0 aromatic rings. The van der Waals surface area contributed by atoms with E-state index in [0.29, 0.717) is 6.42 Å². The van der Waals surface area contributed by atoms with E-state index in [4.69, 9.17) is 16.3 Å². The van der Waals surface area contributed by atoms with E-state index in [1.165, 1.54) is 0 Å². The number of hydrogen-bond donors (Lipinski definition) is 0. The van der Waals surface area contributed by atoms with Gasteiger partial charge in [-0.05, 0) is 6.42 Å². The van der Waals surface area contributed by atoms with Crippen molar-refractivity contribution in [3.8, 4) is 0 Å². The molecule has 1 fully saturated rings. The second kappa shape index (κ2) is 2.84. The van der Waals surface area contributed by atoms with Crippen molar-refractivity contribution in [3.05, 3.63) is 0 Å². The maximum Gasteiger partial charge on any atom is 0.162 e. The first kappa shape index (κ1) is 7.29. The smallest absolute Gasteiger partial charge is 0.162 e. The molecule has 3 heteroatoms. The molecule has 3 atom stereocenters. The molecule has 0 N–H and O–H groups in total. The van der Waals surface area contributed by atoms with Gasteiger partial charge in [0.1, 0.15) is 6.17 Å². The standard InChI is InChI=1S/C6H10ClFO/c1-2-4-3-5(8)6(7)9-4/h4-6H,2-3H2,1H3/t4-,5?,6-/m1/s1. The zero-order chi connectivity index (χ0) is 6.85. The Balaban J connectivity index is 2.35. The lowest BCUT2D eigenvalue weighted by atomic mass is 10.2. The first-order valence-electron chi connectivity index (χ1n) is 3.17. The van der Waals surface area contributed by atoms with Gasteiger partial charge >= 0.3 is 0 Å². The summed E-state index contributed by atoms with van der Waals surface area (Å²) in [6, 6.07) is 0. The highest BCUT2D eigenvalue weighted by Gasteiger charge is 2.32. The summed E-state index contributed by atoms with van der Waals surface area (Å²) in [5, 5.41) is 0. The topological polar surface area (TPSA) is 9.23 Å². The summed E-state index contributed by atoms with van der Waals surface area (Å²) in [7, 11) is 0. The predicted molar refractivity (Wildman–Crippen MR) is 34.3 cm³/mol. The molecular weight excluding hydrogens is 143 g/mol. The predicted octanol–water partition coefficient (Wildman–Crippen LogP) is 2.09. The van der Waals surface area contributed by atoms with Crippen molar-refractivity contribution in [3.63, 3.8) is 0 Å². The van der Waals surface area contributed by atoms with Crippen molar-refractivity contribution < 1.29 is 9.13 Å².